The van der Waals surface area contributed by atoms with Crippen molar-refractivity contribution in [2.75, 3.05) is 38.2 Å². The van der Waals surface area contributed by atoms with Crippen LogP contribution >= 0.6 is 0 Å². The average Bonchev–Trinajstić information content (AvgIpc) is 3.37. The molecular formula is C39H41N6O7+. The van der Waals surface area contributed by atoms with Crippen molar-refractivity contribution in [1.29, 1.82) is 0 Å². The number of aliphatic hydroxyl groups excluding tert-OH is 1. The number of hydrogen-bond acceptors (Lipinski definition) is 9. The predicted molar refractivity (Wildman–Crippen MR) is 193 cm³/mol. The molecule has 52 heavy (non-hydrogen) atoms. The van der Waals surface area contributed by atoms with Crippen molar-refractivity contribution in [2.24, 2.45) is 7.05 Å². The summed E-state index contributed by atoms with van der Waals surface area (Å²) in [6.45, 7) is 7.84. The summed E-state index contributed by atoms with van der Waals surface area (Å²) in [7, 11) is 3.38. The summed E-state index contributed by atoms with van der Waals surface area (Å²) in [5, 5.41) is 14.8. The van der Waals surface area contributed by atoms with Crippen molar-refractivity contribution in [3.63, 3.8) is 0 Å². The summed E-state index contributed by atoms with van der Waals surface area (Å²) in [5.74, 6) is 0.991. The molecule has 13 nitrogen and oxygen atoms in total. The number of benzene rings is 2. The van der Waals surface area contributed by atoms with Crippen LogP contribution in [0.15, 0.2) is 53.6 Å². The Hall–Kier alpha value is -5.40. The molecular weight excluding hydrogens is 664 g/mol. The lowest BCUT2D eigenvalue weighted by atomic mass is 9.87. The third kappa shape index (κ3) is 5.73. The Morgan fingerprint density at radius 3 is 2.48 bits per heavy atom. The van der Waals surface area contributed by atoms with Gasteiger partial charge in [0.05, 0.1) is 18.6 Å². The molecule has 4 aromatic rings. The monoisotopic (exact) mass is 705 g/mol. The van der Waals surface area contributed by atoms with E-state index in [0.29, 0.717) is 34.6 Å². The molecule has 8 rings (SSSR count). The van der Waals surface area contributed by atoms with E-state index in [0.717, 1.165) is 78.9 Å². The molecule has 0 bridgehead atoms. The van der Waals surface area contributed by atoms with E-state index in [2.05, 4.69) is 26.9 Å². The number of pyridine rings is 2. The van der Waals surface area contributed by atoms with Crippen LogP contribution in [0.2, 0.25) is 0 Å². The van der Waals surface area contributed by atoms with Gasteiger partial charge in [-0.25, -0.2) is 9.41 Å². The number of hydrogen-bond donors (Lipinski definition) is 2. The summed E-state index contributed by atoms with van der Waals surface area (Å²) >= 11 is 0. The number of imide groups is 1. The molecule has 268 valence electrons. The molecule has 3 amide bonds. The fraction of sp³-hybridized carbons (Fsp3) is 0.385. The van der Waals surface area contributed by atoms with Gasteiger partial charge in [0, 0.05) is 67.6 Å². The van der Waals surface area contributed by atoms with Crippen LogP contribution in [-0.4, -0.2) is 88.3 Å². The number of ether oxygens (including phenoxy) is 1. The SMILES string of the molecule is C=[O+]c1cc(-c2cn(C)c(=O)c3cnc(N4CCC4)cc23)cc(OC)c1CN1CCC(c2ccc3c(c2)C(O)N(C2CCC(=O)NC2=O)C3=O)CC1. The van der Waals surface area contributed by atoms with Gasteiger partial charge in [-0.2, -0.15) is 0 Å². The highest BCUT2D eigenvalue weighted by Crippen LogP contribution is 2.41. The van der Waals surface area contributed by atoms with Crippen LogP contribution in [0.5, 0.6) is 11.5 Å². The average molecular weight is 706 g/mol. The van der Waals surface area contributed by atoms with Crippen LogP contribution in [0.1, 0.15) is 71.3 Å². The van der Waals surface area contributed by atoms with Crippen LogP contribution in [-0.2, 0) is 27.6 Å². The van der Waals surface area contributed by atoms with Crippen molar-refractivity contribution < 1.29 is 28.7 Å². The first-order valence-electron chi connectivity index (χ1n) is 17.7. The summed E-state index contributed by atoms with van der Waals surface area (Å²) in [5.41, 5.74) is 4.39. The zero-order valence-electron chi connectivity index (χ0n) is 29.3. The predicted octanol–water partition coefficient (Wildman–Crippen LogP) is 3.53. The van der Waals surface area contributed by atoms with Crippen molar-refractivity contribution in [3.8, 4) is 22.6 Å². The van der Waals surface area contributed by atoms with E-state index in [-0.39, 0.29) is 30.2 Å². The molecule has 2 atom stereocenters. The van der Waals surface area contributed by atoms with Gasteiger partial charge in [0.2, 0.25) is 11.8 Å². The molecule has 2 aromatic carbocycles. The van der Waals surface area contributed by atoms with E-state index in [4.69, 9.17) is 9.16 Å². The number of nitrogens with zero attached hydrogens (tertiary/aromatic N) is 5. The van der Waals surface area contributed by atoms with Crippen molar-refractivity contribution in [2.45, 2.75) is 56.8 Å². The van der Waals surface area contributed by atoms with Crippen molar-refractivity contribution in [1.82, 2.24) is 24.7 Å². The molecule has 13 heteroatoms. The zero-order valence-corrected chi connectivity index (χ0v) is 29.3. The number of carbonyl (C=O) groups is 3. The second-order valence-corrected chi connectivity index (χ2v) is 14.1. The Kier molecular flexibility index (Phi) is 8.62. The molecule has 3 saturated heterocycles. The summed E-state index contributed by atoms with van der Waals surface area (Å²) in [6, 6.07) is 10.6. The number of fused-ring (bicyclic) bond motifs is 2. The number of aliphatic hydroxyl groups is 1. The Labute approximate surface area is 300 Å². The molecule has 2 aromatic heterocycles. The molecule has 0 spiro atoms. The molecule has 0 saturated carbocycles. The fourth-order valence-electron chi connectivity index (χ4n) is 8.09. The first-order chi connectivity index (χ1) is 25.1. The minimum Gasteiger partial charge on any atom is -0.496 e. The van der Waals surface area contributed by atoms with E-state index in [1.54, 1.807) is 31.0 Å². The maximum Gasteiger partial charge on any atom is 0.360 e. The van der Waals surface area contributed by atoms with Gasteiger partial charge in [-0.3, -0.25) is 34.3 Å². The Morgan fingerprint density at radius 2 is 1.79 bits per heavy atom. The molecule has 0 radical (unpaired) electrons. The molecule has 4 aliphatic rings. The van der Waals surface area contributed by atoms with E-state index < -0.39 is 24.1 Å². The maximum atomic E-state index is 13.2. The standard InChI is InChI=1S/C39H40N6O7/c1-42-20-29(26-18-34(44-11-4-12-44)40-19-28(26)37(42)48)24-16-32(51-2)30(33(17-24)52-3)21-43-13-9-22(10-14-43)23-5-6-25-27(15-23)39(50)45(38(25)49)31-7-8-35(46)41-36(31)47/h5-6,15-20,22,31,39,50H,2,4,7-14,21H2,1,3H3/p+1. The van der Waals surface area contributed by atoms with Gasteiger partial charge in [-0.1, -0.05) is 12.1 Å². The van der Waals surface area contributed by atoms with E-state index in [1.807, 2.05) is 36.5 Å². The highest BCUT2D eigenvalue weighted by molar-refractivity contribution is 6.05. The minimum atomic E-state index is -1.25. The van der Waals surface area contributed by atoms with Gasteiger partial charge >= 0.3 is 5.75 Å². The first-order valence-corrected chi connectivity index (χ1v) is 17.7. The largest absolute Gasteiger partial charge is 0.496 e. The second kappa shape index (κ2) is 13.3. The normalized spacial score (nSPS) is 20.9. The van der Waals surface area contributed by atoms with E-state index in [9.17, 15) is 24.3 Å². The second-order valence-electron chi connectivity index (χ2n) is 14.1. The van der Waals surface area contributed by atoms with Gasteiger partial charge < -0.3 is 19.3 Å². The quantitative estimate of drug-likeness (QED) is 0.208. The van der Waals surface area contributed by atoms with Gasteiger partial charge in [0.1, 0.15) is 23.2 Å². The number of aryl methyl sites for hydroxylation is 1. The molecule has 2 N–H and O–H groups in total. The van der Waals surface area contributed by atoms with Crippen LogP contribution in [0, 0.1) is 0 Å². The van der Waals surface area contributed by atoms with Gasteiger partial charge in [0.25, 0.3) is 18.3 Å². The van der Waals surface area contributed by atoms with Gasteiger partial charge in [-0.15, -0.1) is 0 Å². The van der Waals surface area contributed by atoms with Crippen LogP contribution < -0.4 is 20.5 Å². The fourth-order valence-corrected chi connectivity index (χ4v) is 8.09. The summed E-state index contributed by atoms with van der Waals surface area (Å²) in [4.78, 5) is 60.8. The molecule has 3 fully saturated rings. The number of piperidine rings is 2. The van der Waals surface area contributed by atoms with Crippen molar-refractivity contribution >= 4 is 41.1 Å². The van der Waals surface area contributed by atoms with E-state index >= 15 is 0 Å². The number of amides is 3. The number of likely N-dealkylation sites (tertiary alicyclic amines) is 1. The Morgan fingerprint density at radius 1 is 1.00 bits per heavy atom. The van der Waals surface area contributed by atoms with Gasteiger partial charge in [-0.05, 0) is 74.0 Å². The number of methoxy groups -OCH3 is 1. The molecule has 2 unspecified atom stereocenters. The van der Waals surface area contributed by atoms with Crippen LogP contribution in [0.4, 0.5) is 5.82 Å². The number of aromatic nitrogens is 2. The smallest absolute Gasteiger partial charge is 0.360 e. The third-order valence-corrected chi connectivity index (χ3v) is 11.2. The van der Waals surface area contributed by atoms with Crippen molar-refractivity contribution in [3.05, 3.63) is 81.4 Å². The Bertz CT molecular complexity index is 2200. The molecule has 0 aliphatic carbocycles. The lowest BCUT2D eigenvalue weighted by Crippen LogP contribution is -2.53. The lowest BCUT2D eigenvalue weighted by molar-refractivity contribution is -0.355. The highest BCUT2D eigenvalue weighted by atomic mass is 16.5. The highest BCUT2D eigenvalue weighted by Gasteiger charge is 2.44. The maximum absolute atomic E-state index is 13.2. The van der Waals surface area contributed by atoms with Crippen LogP contribution in [0.25, 0.3) is 21.9 Å². The molecule has 6 heterocycles. The van der Waals surface area contributed by atoms with Crippen LogP contribution in [0.3, 0.4) is 0 Å². The number of anilines is 1. The summed E-state index contributed by atoms with van der Waals surface area (Å²) < 4.78 is 13.2. The molecule has 4 aliphatic heterocycles. The Balaban J connectivity index is 1.00. The zero-order chi connectivity index (χ0) is 36.3. The topological polar surface area (TPSA) is 149 Å². The number of nitrogens with one attached hydrogen (secondary N) is 1. The number of carbonyl (C=O) groups excluding carboxylic acids is 4. The van der Waals surface area contributed by atoms with E-state index in [1.165, 1.54) is 4.90 Å². The lowest BCUT2D eigenvalue weighted by Gasteiger charge is -2.33. The van der Waals surface area contributed by atoms with Gasteiger partial charge in [0.15, 0.2) is 6.23 Å². The first kappa shape index (κ1) is 33.7. The summed E-state index contributed by atoms with van der Waals surface area (Å²) in [6.07, 6.45) is 5.41. The number of rotatable bonds is 8. The minimum absolute atomic E-state index is 0.110. The third-order valence-electron chi connectivity index (χ3n) is 11.2.